The van der Waals surface area contributed by atoms with Gasteiger partial charge in [-0.3, -0.25) is 0 Å². The van der Waals surface area contributed by atoms with E-state index in [1.807, 2.05) is 0 Å². The molecule has 4 heteroatoms. The number of aliphatic hydroxyl groups is 1. The lowest BCUT2D eigenvalue weighted by Crippen LogP contribution is -2.13. The summed E-state index contributed by atoms with van der Waals surface area (Å²) in [6.45, 7) is 0. The van der Waals surface area contributed by atoms with Crippen molar-refractivity contribution in [3.8, 4) is 0 Å². The van der Waals surface area contributed by atoms with Gasteiger partial charge in [0.15, 0.2) is 6.10 Å². The molecule has 0 spiro atoms. The van der Waals surface area contributed by atoms with Crippen LogP contribution in [-0.2, 0) is 9.53 Å². The van der Waals surface area contributed by atoms with Gasteiger partial charge < -0.3 is 9.84 Å². The summed E-state index contributed by atoms with van der Waals surface area (Å²) in [6.07, 6.45) is 0.610. The summed E-state index contributed by atoms with van der Waals surface area (Å²) in [6, 6.07) is 4.40. The van der Waals surface area contributed by atoms with Crippen LogP contribution in [0.4, 0.5) is 4.39 Å². The third-order valence-corrected chi connectivity index (χ3v) is 2.78. The number of hydrogen-bond acceptors (Lipinski definition) is 3. The molecule has 1 N–H and O–H groups in total. The third-order valence-electron chi connectivity index (χ3n) is 2.78. The second kappa shape index (κ2) is 4.22. The van der Waals surface area contributed by atoms with E-state index in [9.17, 15) is 14.3 Å². The predicted octanol–water partition coefficient (Wildman–Crippen LogP) is 1.91. The maximum Gasteiger partial charge on any atom is 0.339 e. The van der Waals surface area contributed by atoms with Crippen molar-refractivity contribution in [3.05, 3.63) is 35.1 Å². The first-order valence-electron chi connectivity index (χ1n) is 5.18. The zero-order chi connectivity index (χ0) is 11.7. The number of halogens is 1. The number of carbonyl (C=O) groups excluding carboxylic acids is 1. The molecule has 0 aliphatic heterocycles. The molecular weight excluding hydrogens is 211 g/mol. The van der Waals surface area contributed by atoms with Gasteiger partial charge in [0.2, 0.25) is 0 Å². The molecule has 1 saturated carbocycles. The van der Waals surface area contributed by atoms with Crippen LogP contribution in [0.2, 0.25) is 0 Å². The highest BCUT2D eigenvalue weighted by molar-refractivity contribution is 5.76. The van der Waals surface area contributed by atoms with Crippen LogP contribution in [-0.4, -0.2) is 18.2 Å². The van der Waals surface area contributed by atoms with Gasteiger partial charge in [-0.05, 0) is 36.0 Å². The highest BCUT2D eigenvalue weighted by Crippen LogP contribution is 2.41. The second-order valence-corrected chi connectivity index (χ2v) is 3.98. The molecule has 1 aromatic carbocycles. The summed E-state index contributed by atoms with van der Waals surface area (Å²) in [5, 5.41) is 9.52. The van der Waals surface area contributed by atoms with Crippen molar-refractivity contribution in [1.82, 2.24) is 0 Å². The monoisotopic (exact) mass is 224 g/mol. The molecule has 1 unspecified atom stereocenters. The van der Waals surface area contributed by atoms with Crippen LogP contribution in [0.5, 0.6) is 0 Å². The number of ether oxygens (including phenoxy) is 1. The predicted molar refractivity (Wildman–Crippen MR) is 55.4 cm³/mol. The first-order valence-corrected chi connectivity index (χ1v) is 5.18. The van der Waals surface area contributed by atoms with Crippen molar-refractivity contribution in [2.75, 3.05) is 7.11 Å². The van der Waals surface area contributed by atoms with Gasteiger partial charge in [0, 0.05) is 0 Å². The number of methoxy groups -OCH3 is 1. The smallest absolute Gasteiger partial charge is 0.339 e. The van der Waals surface area contributed by atoms with E-state index in [1.54, 1.807) is 12.1 Å². The minimum atomic E-state index is -1.41. The molecule has 0 bridgehead atoms. The van der Waals surface area contributed by atoms with E-state index in [0.29, 0.717) is 11.5 Å². The van der Waals surface area contributed by atoms with Crippen molar-refractivity contribution in [1.29, 1.82) is 0 Å². The Balaban J connectivity index is 2.23. The van der Waals surface area contributed by atoms with Crippen molar-refractivity contribution in [2.24, 2.45) is 0 Å². The average Bonchev–Trinajstić information content (AvgIpc) is 3.10. The standard InChI is InChI=1S/C12H13FO3/c1-16-12(15)11(14)8-4-5-9(7-2-3-7)10(13)6-8/h4-7,11,14H,2-3H2,1H3. The van der Waals surface area contributed by atoms with Crippen LogP contribution in [0.25, 0.3) is 0 Å². The molecule has 0 aromatic heterocycles. The molecule has 86 valence electrons. The zero-order valence-electron chi connectivity index (χ0n) is 8.94. The quantitative estimate of drug-likeness (QED) is 0.798. The fourth-order valence-corrected chi connectivity index (χ4v) is 1.69. The lowest BCUT2D eigenvalue weighted by Gasteiger charge is -2.10. The van der Waals surface area contributed by atoms with Crippen molar-refractivity contribution in [3.63, 3.8) is 0 Å². The minimum Gasteiger partial charge on any atom is -0.467 e. The second-order valence-electron chi connectivity index (χ2n) is 3.98. The minimum absolute atomic E-state index is 0.230. The van der Waals surface area contributed by atoms with Gasteiger partial charge in [0.25, 0.3) is 0 Å². The van der Waals surface area contributed by atoms with Gasteiger partial charge in [-0.15, -0.1) is 0 Å². The molecule has 0 amide bonds. The Hall–Kier alpha value is -1.42. The molecule has 1 aromatic rings. The maximum absolute atomic E-state index is 13.6. The molecule has 1 aliphatic carbocycles. The Morgan fingerprint density at radius 3 is 2.75 bits per heavy atom. The SMILES string of the molecule is COC(=O)C(O)c1ccc(C2CC2)c(F)c1. The van der Waals surface area contributed by atoms with Crippen LogP contribution >= 0.6 is 0 Å². The molecule has 0 heterocycles. The largest absolute Gasteiger partial charge is 0.467 e. The lowest BCUT2D eigenvalue weighted by atomic mass is 10.0. The van der Waals surface area contributed by atoms with E-state index >= 15 is 0 Å². The number of carbonyl (C=O) groups is 1. The summed E-state index contributed by atoms with van der Waals surface area (Å²) >= 11 is 0. The Bertz CT molecular complexity index is 413. The summed E-state index contributed by atoms with van der Waals surface area (Å²) < 4.78 is 18.0. The summed E-state index contributed by atoms with van der Waals surface area (Å²) in [5.74, 6) is -0.828. The van der Waals surface area contributed by atoms with Gasteiger partial charge >= 0.3 is 5.97 Å². The first-order chi connectivity index (χ1) is 7.63. The summed E-state index contributed by atoms with van der Waals surface area (Å²) in [5.41, 5.74) is 0.898. The van der Waals surface area contributed by atoms with E-state index in [1.165, 1.54) is 13.2 Å². The topological polar surface area (TPSA) is 46.5 Å². The fourth-order valence-electron chi connectivity index (χ4n) is 1.69. The van der Waals surface area contributed by atoms with Crippen LogP contribution in [0, 0.1) is 5.82 Å². The molecule has 1 atom stereocenters. The van der Waals surface area contributed by atoms with Crippen molar-refractivity contribution in [2.45, 2.75) is 24.9 Å². The van der Waals surface area contributed by atoms with Gasteiger partial charge in [0.05, 0.1) is 7.11 Å². The number of aliphatic hydroxyl groups excluding tert-OH is 1. The maximum atomic E-state index is 13.6. The van der Waals surface area contributed by atoms with Crippen LogP contribution in [0.3, 0.4) is 0 Å². The molecule has 1 fully saturated rings. The van der Waals surface area contributed by atoms with E-state index in [-0.39, 0.29) is 11.4 Å². The van der Waals surface area contributed by atoms with Gasteiger partial charge in [-0.1, -0.05) is 12.1 Å². The zero-order valence-corrected chi connectivity index (χ0v) is 8.94. The number of esters is 1. The number of benzene rings is 1. The Kier molecular flexibility index (Phi) is 2.92. The van der Waals surface area contributed by atoms with Gasteiger partial charge in [0.1, 0.15) is 5.82 Å². The van der Waals surface area contributed by atoms with E-state index < -0.39 is 12.1 Å². The molecule has 3 nitrogen and oxygen atoms in total. The molecule has 2 rings (SSSR count). The summed E-state index contributed by atoms with van der Waals surface area (Å²) in [7, 11) is 1.18. The summed E-state index contributed by atoms with van der Waals surface area (Å²) in [4.78, 5) is 11.1. The van der Waals surface area contributed by atoms with Gasteiger partial charge in [-0.2, -0.15) is 0 Å². The van der Waals surface area contributed by atoms with Crippen LogP contribution in [0.1, 0.15) is 36.0 Å². The highest BCUT2D eigenvalue weighted by atomic mass is 19.1. The van der Waals surface area contributed by atoms with Crippen molar-refractivity contribution >= 4 is 5.97 Å². The molecule has 0 saturated heterocycles. The van der Waals surface area contributed by atoms with Crippen LogP contribution < -0.4 is 0 Å². The molecular formula is C12H13FO3. The highest BCUT2D eigenvalue weighted by Gasteiger charge is 2.27. The Labute approximate surface area is 92.9 Å². The molecule has 0 radical (unpaired) electrons. The molecule has 16 heavy (non-hydrogen) atoms. The Morgan fingerprint density at radius 2 is 2.25 bits per heavy atom. The number of hydrogen-bond donors (Lipinski definition) is 1. The van der Waals surface area contributed by atoms with Crippen LogP contribution in [0.15, 0.2) is 18.2 Å². The van der Waals surface area contributed by atoms with Crippen molar-refractivity contribution < 1.29 is 19.0 Å². The lowest BCUT2D eigenvalue weighted by molar-refractivity contribution is -0.150. The normalized spacial score (nSPS) is 16.9. The Morgan fingerprint density at radius 1 is 1.56 bits per heavy atom. The molecule has 1 aliphatic rings. The third kappa shape index (κ3) is 2.07. The van der Waals surface area contributed by atoms with E-state index in [0.717, 1.165) is 12.8 Å². The van der Waals surface area contributed by atoms with E-state index in [2.05, 4.69) is 4.74 Å². The fraction of sp³-hybridized carbons (Fsp3) is 0.417. The van der Waals surface area contributed by atoms with E-state index in [4.69, 9.17) is 0 Å². The van der Waals surface area contributed by atoms with Gasteiger partial charge in [-0.25, -0.2) is 9.18 Å². The first kappa shape index (κ1) is 11.1. The average molecular weight is 224 g/mol. The number of rotatable bonds is 3.